The Morgan fingerprint density at radius 2 is 1.93 bits per heavy atom. The summed E-state index contributed by atoms with van der Waals surface area (Å²) in [6.07, 6.45) is 3.62. The molecule has 0 saturated heterocycles. The number of aromatic nitrogens is 3. The lowest BCUT2D eigenvalue weighted by Crippen LogP contribution is -2.54. The highest BCUT2D eigenvalue weighted by molar-refractivity contribution is 7.92. The maximum Gasteiger partial charge on any atom is 0.379 e. The second-order valence-corrected chi connectivity index (χ2v) is 8.96. The molecule has 0 aliphatic heterocycles. The Morgan fingerprint density at radius 1 is 1.22 bits per heavy atom. The standard InChI is InChI=1S/C18H25F2N3O3S/c1-4-5-6-9-27(25,26)18(19,20)17(24,11-23-13-21-12-22-23)16-8-7-14(2)10-15(16)3/h7-8,10,12-13,24H,4-6,9,11H2,1-3H3. The fourth-order valence-electron chi connectivity index (χ4n) is 3.09. The maximum atomic E-state index is 15.3. The molecule has 1 heterocycles. The number of hydrogen-bond donors (Lipinski definition) is 1. The lowest BCUT2D eigenvalue weighted by molar-refractivity contribution is -0.143. The van der Waals surface area contributed by atoms with E-state index in [0.29, 0.717) is 18.4 Å². The van der Waals surface area contributed by atoms with Crippen molar-refractivity contribution in [2.75, 3.05) is 5.75 Å². The first kappa shape index (κ1) is 21.4. The molecule has 0 radical (unpaired) electrons. The van der Waals surface area contributed by atoms with E-state index in [-0.39, 0.29) is 12.0 Å². The number of sulfone groups is 1. The number of rotatable bonds is 9. The van der Waals surface area contributed by atoms with Crippen LogP contribution in [0.5, 0.6) is 0 Å². The zero-order valence-corrected chi connectivity index (χ0v) is 16.5. The lowest BCUT2D eigenvalue weighted by atomic mass is 9.89. The molecule has 2 aromatic rings. The van der Waals surface area contributed by atoms with Gasteiger partial charge in [0.2, 0.25) is 9.84 Å². The number of halogens is 2. The zero-order valence-electron chi connectivity index (χ0n) is 15.7. The second kappa shape index (κ2) is 8.02. The van der Waals surface area contributed by atoms with Crippen LogP contribution in [0.3, 0.4) is 0 Å². The molecule has 9 heteroatoms. The average Bonchev–Trinajstić information content (AvgIpc) is 3.07. The van der Waals surface area contributed by atoms with E-state index in [4.69, 9.17) is 0 Å². The van der Waals surface area contributed by atoms with Gasteiger partial charge >= 0.3 is 5.25 Å². The molecule has 2 rings (SSSR count). The van der Waals surface area contributed by atoms with Gasteiger partial charge in [-0.15, -0.1) is 0 Å². The number of aliphatic hydroxyl groups is 1. The predicted octanol–water partition coefficient (Wildman–Crippen LogP) is 2.98. The molecule has 0 saturated carbocycles. The first-order valence-corrected chi connectivity index (χ1v) is 10.4. The Morgan fingerprint density at radius 3 is 2.48 bits per heavy atom. The van der Waals surface area contributed by atoms with E-state index < -0.39 is 33.0 Å². The van der Waals surface area contributed by atoms with Crippen molar-refractivity contribution in [2.24, 2.45) is 0 Å². The van der Waals surface area contributed by atoms with Crippen molar-refractivity contribution >= 4 is 9.84 Å². The molecule has 150 valence electrons. The molecule has 1 aromatic carbocycles. The summed E-state index contributed by atoms with van der Waals surface area (Å²) in [5, 5.41) is 10.5. The van der Waals surface area contributed by atoms with Gasteiger partial charge in [-0.25, -0.2) is 18.1 Å². The number of unbranched alkanes of at least 4 members (excludes halogenated alkanes) is 2. The number of alkyl halides is 2. The Balaban J connectivity index is 2.57. The van der Waals surface area contributed by atoms with Crippen LogP contribution in [-0.4, -0.2) is 39.3 Å². The van der Waals surface area contributed by atoms with E-state index in [1.54, 1.807) is 26.0 Å². The molecule has 1 atom stereocenters. The van der Waals surface area contributed by atoms with Crippen LogP contribution < -0.4 is 0 Å². The van der Waals surface area contributed by atoms with Crippen LogP contribution in [0.15, 0.2) is 30.9 Å². The largest absolute Gasteiger partial charge is 0.379 e. The SMILES string of the molecule is CCCCCS(=O)(=O)C(F)(F)C(O)(Cn1cncn1)c1ccc(C)cc1C. The molecule has 1 N–H and O–H groups in total. The summed E-state index contributed by atoms with van der Waals surface area (Å²) in [5.74, 6) is -0.696. The highest BCUT2D eigenvalue weighted by atomic mass is 32.2. The van der Waals surface area contributed by atoms with Crippen molar-refractivity contribution < 1.29 is 22.3 Å². The van der Waals surface area contributed by atoms with E-state index >= 15 is 8.78 Å². The highest BCUT2D eigenvalue weighted by Crippen LogP contribution is 2.44. The van der Waals surface area contributed by atoms with E-state index in [1.165, 1.54) is 6.07 Å². The van der Waals surface area contributed by atoms with Gasteiger partial charge in [-0.1, -0.05) is 43.5 Å². The van der Waals surface area contributed by atoms with Crippen LogP contribution in [0.25, 0.3) is 0 Å². The second-order valence-electron chi connectivity index (χ2n) is 6.81. The third-order valence-corrected chi connectivity index (χ3v) is 6.52. The Bertz CT molecular complexity index is 870. The van der Waals surface area contributed by atoms with E-state index in [0.717, 1.165) is 22.9 Å². The van der Waals surface area contributed by atoms with Gasteiger partial charge in [0, 0.05) is 0 Å². The topological polar surface area (TPSA) is 85.1 Å². The third-order valence-electron chi connectivity index (χ3n) is 4.57. The Kier molecular flexibility index (Phi) is 6.36. The van der Waals surface area contributed by atoms with Gasteiger partial charge < -0.3 is 5.11 Å². The van der Waals surface area contributed by atoms with Crippen molar-refractivity contribution in [1.82, 2.24) is 14.8 Å². The molecule has 0 spiro atoms. The van der Waals surface area contributed by atoms with Gasteiger partial charge in [0.1, 0.15) is 12.7 Å². The molecule has 0 aliphatic carbocycles. The molecule has 0 bridgehead atoms. The number of nitrogens with zero attached hydrogens (tertiary/aromatic N) is 3. The van der Waals surface area contributed by atoms with Crippen molar-refractivity contribution in [1.29, 1.82) is 0 Å². The summed E-state index contributed by atoms with van der Waals surface area (Å²) in [6.45, 7) is 4.46. The first-order valence-electron chi connectivity index (χ1n) is 8.78. The molecule has 0 amide bonds. The van der Waals surface area contributed by atoms with Crippen molar-refractivity contribution in [3.05, 3.63) is 47.5 Å². The van der Waals surface area contributed by atoms with Gasteiger partial charge in [0.25, 0.3) is 0 Å². The fraction of sp³-hybridized carbons (Fsp3) is 0.556. The summed E-state index contributed by atoms with van der Waals surface area (Å²) in [6, 6.07) is 4.53. The van der Waals surface area contributed by atoms with E-state index in [2.05, 4.69) is 10.1 Å². The minimum atomic E-state index is -4.91. The van der Waals surface area contributed by atoms with E-state index in [1.807, 2.05) is 6.92 Å². The highest BCUT2D eigenvalue weighted by Gasteiger charge is 2.63. The Hall–Kier alpha value is -1.87. The first-order chi connectivity index (χ1) is 12.5. The minimum Gasteiger partial charge on any atom is -0.376 e. The van der Waals surface area contributed by atoms with Gasteiger partial charge in [-0.3, -0.25) is 0 Å². The van der Waals surface area contributed by atoms with Gasteiger partial charge in [-0.05, 0) is 31.4 Å². The molecular weight excluding hydrogens is 376 g/mol. The molecule has 27 heavy (non-hydrogen) atoms. The quantitative estimate of drug-likeness (QED) is 0.653. The normalized spacial score (nSPS) is 14.9. The summed E-state index contributed by atoms with van der Waals surface area (Å²) in [7, 11) is -4.91. The average molecular weight is 401 g/mol. The fourth-order valence-corrected chi connectivity index (χ4v) is 4.62. The number of benzene rings is 1. The Labute approximate surface area is 158 Å². The van der Waals surface area contributed by atoms with Gasteiger partial charge in [0.15, 0.2) is 5.60 Å². The van der Waals surface area contributed by atoms with Crippen LogP contribution >= 0.6 is 0 Å². The van der Waals surface area contributed by atoms with Crippen LogP contribution in [0, 0.1) is 13.8 Å². The van der Waals surface area contributed by atoms with Crippen molar-refractivity contribution in [3.63, 3.8) is 0 Å². The molecule has 1 aromatic heterocycles. The predicted molar refractivity (Wildman–Crippen MR) is 98.1 cm³/mol. The lowest BCUT2D eigenvalue weighted by Gasteiger charge is -2.36. The van der Waals surface area contributed by atoms with Gasteiger partial charge in [0.05, 0.1) is 12.3 Å². The summed E-state index contributed by atoms with van der Waals surface area (Å²) in [4.78, 5) is 3.69. The summed E-state index contributed by atoms with van der Waals surface area (Å²) < 4.78 is 56.7. The molecule has 0 aliphatic rings. The van der Waals surface area contributed by atoms with Crippen LogP contribution in [-0.2, 0) is 22.0 Å². The summed E-state index contributed by atoms with van der Waals surface area (Å²) in [5.41, 5.74) is -1.94. The number of aryl methyl sites for hydroxylation is 2. The van der Waals surface area contributed by atoms with Crippen LogP contribution in [0.2, 0.25) is 0 Å². The molecule has 0 fully saturated rings. The third kappa shape index (κ3) is 4.19. The monoisotopic (exact) mass is 401 g/mol. The smallest absolute Gasteiger partial charge is 0.376 e. The minimum absolute atomic E-state index is 0.112. The molecule has 6 nitrogen and oxygen atoms in total. The zero-order chi connectivity index (χ0) is 20.3. The summed E-state index contributed by atoms with van der Waals surface area (Å²) >= 11 is 0. The number of hydrogen-bond acceptors (Lipinski definition) is 5. The van der Waals surface area contributed by atoms with Crippen LogP contribution in [0.1, 0.15) is 42.9 Å². The molecule has 1 unspecified atom stereocenters. The maximum absolute atomic E-state index is 15.3. The van der Waals surface area contributed by atoms with Crippen molar-refractivity contribution in [2.45, 2.75) is 57.4 Å². The van der Waals surface area contributed by atoms with Crippen molar-refractivity contribution in [3.8, 4) is 0 Å². The van der Waals surface area contributed by atoms with E-state index in [9.17, 15) is 13.5 Å². The van der Waals surface area contributed by atoms with Gasteiger partial charge in [-0.2, -0.15) is 13.9 Å². The molecular formula is C18H25F2N3O3S. The van der Waals surface area contributed by atoms with Crippen LogP contribution in [0.4, 0.5) is 8.78 Å².